The van der Waals surface area contributed by atoms with Gasteiger partial charge < -0.3 is 0 Å². The molecule has 0 radical (unpaired) electrons. The van der Waals surface area contributed by atoms with Crippen LogP contribution in [0.3, 0.4) is 0 Å². The fourth-order valence-corrected chi connectivity index (χ4v) is 3.95. The van der Waals surface area contributed by atoms with Gasteiger partial charge in [-0.2, -0.15) is 5.10 Å². The van der Waals surface area contributed by atoms with Gasteiger partial charge in [-0.25, -0.2) is 14.6 Å². The topological polar surface area (TPSA) is 90.5 Å². The number of aromatic nitrogens is 6. The number of hydrogen-bond donors (Lipinski definition) is 1. The number of para-hydroxylation sites is 1. The van der Waals surface area contributed by atoms with Crippen molar-refractivity contribution in [3.8, 4) is 11.3 Å². The average molecular weight is 438 g/mol. The van der Waals surface area contributed by atoms with Gasteiger partial charge in [-0.3, -0.25) is 14.8 Å². The minimum Gasteiger partial charge on any atom is -0.289 e. The Morgan fingerprint density at radius 3 is 2.67 bits per heavy atom. The molecular formula is C25H23N7O. The zero-order valence-corrected chi connectivity index (χ0v) is 18.6. The van der Waals surface area contributed by atoms with E-state index in [-0.39, 0.29) is 11.9 Å². The van der Waals surface area contributed by atoms with E-state index in [0.717, 1.165) is 27.7 Å². The Balaban J connectivity index is 1.45. The van der Waals surface area contributed by atoms with Crippen LogP contribution in [0.4, 0.5) is 5.95 Å². The normalized spacial score (nSPS) is 11.1. The highest BCUT2D eigenvalue weighted by molar-refractivity contribution is 6.12. The van der Waals surface area contributed by atoms with Gasteiger partial charge in [0.05, 0.1) is 29.0 Å². The first-order chi connectivity index (χ1) is 16.0. The number of fused-ring (bicyclic) bond motifs is 1. The van der Waals surface area contributed by atoms with Crippen molar-refractivity contribution in [3.05, 3.63) is 89.5 Å². The molecule has 0 unspecified atom stereocenters. The standard InChI is InChI=1S/C25H23N7O/c1-16-7-6-8-18(11-16)13-32-15-26-25(30-32)28-24(33)20-12-23(21-14-31(3)29-17(21)2)27-22-10-5-4-9-19(20)22/h4-12,14-15H,13H2,1-3H3,(H,28,30,33). The van der Waals surface area contributed by atoms with Gasteiger partial charge in [0.15, 0.2) is 0 Å². The summed E-state index contributed by atoms with van der Waals surface area (Å²) >= 11 is 0. The molecule has 164 valence electrons. The molecule has 33 heavy (non-hydrogen) atoms. The highest BCUT2D eigenvalue weighted by Crippen LogP contribution is 2.27. The number of hydrogen-bond acceptors (Lipinski definition) is 5. The Labute approximate surface area is 190 Å². The van der Waals surface area contributed by atoms with Crippen LogP contribution in [0.1, 0.15) is 27.2 Å². The van der Waals surface area contributed by atoms with E-state index in [9.17, 15) is 4.79 Å². The van der Waals surface area contributed by atoms with Crippen LogP contribution in [0.5, 0.6) is 0 Å². The second kappa shape index (κ2) is 8.31. The third-order valence-electron chi connectivity index (χ3n) is 5.44. The van der Waals surface area contributed by atoms with E-state index < -0.39 is 0 Å². The number of aryl methyl sites for hydroxylation is 3. The molecule has 8 nitrogen and oxygen atoms in total. The second-order valence-electron chi connectivity index (χ2n) is 8.08. The molecule has 0 bridgehead atoms. The predicted octanol–water partition coefficient (Wildman–Crippen LogP) is 4.14. The summed E-state index contributed by atoms with van der Waals surface area (Å²) in [5, 5.41) is 12.4. The van der Waals surface area contributed by atoms with E-state index in [2.05, 4.69) is 39.6 Å². The molecule has 1 N–H and O–H groups in total. The van der Waals surface area contributed by atoms with Crippen molar-refractivity contribution in [1.29, 1.82) is 0 Å². The number of carbonyl (C=O) groups excluding carboxylic acids is 1. The predicted molar refractivity (Wildman–Crippen MR) is 127 cm³/mol. The number of benzene rings is 2. The Kier molecular flexibility index (Phi) is 5.18. The molecule has 0 aliphatic rings. The zero-order chi connectivity index (χ0) is 22.9. The van der Waals surface area contributed by atoms with Gasteiger partial charge in [-0.1, -0.05) is 48.0 Å². The molecule has 0 spiro atoms. The first kappa shape index (κ1) is 20.6. The lowest BCUT2D eigenvalue weighted by Crippen LogP contribution is -2.14. The fourth-order valence-electron chi connectivity index (χ4n) is 3.95. The lowest BCUT2D eigenvalue weighted by atomic mass is 10.0. The third-order valence-corrected chi connectivity index (χ3v) is 5.44. The number of amides is 1. The number of nitrogens with zero attached hydrogens (tertiary/aromatic N) is 6. The van der Waals surface area contributed by atoms with Crippen LogP contribution in [0, 0.1) is 13.8 Å². The molecule has 5 rings (SSSR count). The van der Waals surface area contributed by atoms with Crippen LogP contribution in [0.25, 0.3) is 22.2 Å². The largest absolute Gasteiger partial charge is 0.289 e. The van der Waals surface area contributed by atoms with E-state index in [4.69, 9.17) is 4.98 Å². The molecule has 0 atom stereocenters. The molecule has 0 fully saturated rings. The van der Waals surface area contributed by atoms with Gasteiger partial charge in [-0.05, 0) is 31.5 Å². The summed E-state index contributed by atoms with van der Waals surface area (Å²) in [7, 11) is 1.86. The molecule has 8 heteroatoms. The SMILES string of the molecule is Cc1cccc(Cn2cnc(NC(=O)c3cc(-c4cn(C)nc4C)nc4ccccc34)n2)c1. The summed E-state index contributed by atoms with van der Waals surface area (Å²) in [5.41, 5.74) is 5.98. The Morgan fingerprint density at radius 1 is 1.03 bits per heavy atom. The van der Waals surface area contributed by atoms with Crippen LogP contribution in [0.2, 0.25) is 0 Å². The quantitative estimate of drug-likeness (QED) is 0.446. The maximum absolute atomic E-state index is 13.3. The molecule has 1 amide bonds. The molecule has 2 aromatic carbocycles. The van der Waals surface area contributed by atoms with Crippen molar-refractivity contribution < 1.29 is 4.79 Å². The van der Waals surface area contributed by atoms with Crippen LogP contribution < -0.4 is 5.32 Å². The minimum atomic E-state index is -0.287. The first-order valence-electron chi connectivity index (χ1n) is 10.6. The molecule has 0 saturated carbocycles. The first-order valence-corrected chi connectivity index (χ1v) is 10.6. The fraction of sp³-hybridized carbons (Fsp3) is 0.160. The van der Waals surface area contributed by atoms with Crippen molar-refractivity contribution in [2.45, 2.75) is 20.4 Å². The highest BCUT2D eigenvalue weighted by Gasteiger charge is 2.17. The number of rotatable bonds is 5. The Hall–Kier alpha value is -4.33. The molecular weight excluding hydrogens is 414 g/mol. The highest BCUT2D eigenvalue weighted by atomic mass is 16.1. The third kappa shape index (κ3) is 4.23. The maximum Gasteiger partial charge on any atom is 0.258 e. The van der Waals surface area contributed by atoms with Gasteiger partial charge in [0, 0.05) is 24.2 Å². The summed E-state index contributed by atoms with van der Waals surface area (Å²) < 4.78 is 3.45. The summed E-state index contributed by atoms with van der Waals surface area (Å²) in [4.78, 5) is 22.3. The van der Waals surface area contributed by atoms with Gasteiger partial charge in [0.1, 0.15) is 6.33 Å². The van der Waals surface area contributed by atoms with Gasteiger partial charge in [0.2, 0.25) is 5.95 Å². The molecule has 5 aromatic rings. The van der Waals surface area contributed by atoms with Crippen LogP contribution >= 0.6 is 0 Å². The molecule has 3 aromatic heterocycles. The lowest BCUT2D eigenvalue weighted by molar-refractivity contribution is 0.102. The number of pyridine rings is 1. The number of carbonyl (C=O) groups is 1. The summed E-state index contributed by atoms with van der Waals surface area (Å²) in [6.07, 6.45) is 3.52. The van der Waals surface area contributed by atoms with Gasteiger partial charge in [0.25, 0.3) is 5.91 Å². The van der Waals surface area contributed by atoms with Crippen molar-refractivity contribution in [2.24, 2.45) is 7.05 Å². The summed E-state index contributed by atoms with van der Waals surface area (Å²) in [6.45, 7) is 4.56. The van der Waals surface area contributed by atoms with Crippen LogP contribution in [-0.4, -0.2) is 35.4 Å². The Morgan fingerprint density at radius 2 is 1.88 bits per heavy atom. The minimum absolute atomic E-state index is 0.257. The number of anilines is 1. The average Bonchev–Trinajstić information content (AvgIpc) is 3.37. The second-order valence-corrected chi connectivity index (χ2v) is 8.08. The summed E-state index contributed by atoms with van der Waals surface area (Å²) in [5.74, 6) is -0.0302. The van der Waals surface area contributed by atoms with E-state index in [0.29, 0.717) is 17.8 Å². The van der Waals surface area contributed by atoms with Crippen molar-refractivity contribution in [2.75, 3.05) is 5.32 Å². The smallest absolute Gasteiger partial charge is 0.258 e. The molecule has 0 saturated heterocycles. The number of nitrogens with one attached hydrogen (secondary N) is 1. The molecule has 3 heterocycles. The van der Waals surface area contributed by atoms with Crippen LogP contribution in [0.15, 0.2) is 67.1 Å². The zero-order valence-electron chi connectivity index (χ0n) is 18.6. The van der Waals surface area contributed by atoms with Gasteiger partial charge >= 0.3 is 0 Å². The van der Waals surface area contributed by atoms with E-state index in [1.807, 2.05) is 56.6 Å². The maximum atomic E-state index is 13.3. The van der Waals surface area contributed by atoms with Crippen molar-refractivity contribution >= 4 is 22.8 Å². The van der Waals surface area contributed by atoms with Crippen molar-refractivity contribution in [1.82, 2.24) is 29.5 Å². The van der Waals surface area contributed by atoms with Crippen LogP contribution in [-0.2, 0) is 13.6 Å². The molecule has 0 aliphatic heterocycles. The lowest BCUT2D eigenvalue weighted by Gasteiger charge is -2.09. The van der Waals surface area contributed by atoms with E-state index in [1.54, 1.807) is 21.8 Å². The van der Waals surface area contributed by atoms with Crippen molar-refractivity contribution in [3.63, 3.8) is 0 Å². The summed E-state index contributed by atoms with van der Waals surface area (Å²) in [6, 6.07) is 17.6. The Bertz CT molecular complexity index is 1480. The van der Waals surface area contributed by atoms with E-state index >= 15 is 0 Å². The van der Waals surface area contributed by atoms with E-state index in [1.165, 1.54) is 5.56 Å². The monoisotopic (exact) mass is 437 g/mol. The van der Waals surface area contributed by atoms with Gasteiger partial charge in [-0.15, -0.1) is 5.10 Å². The molecule has 0 aliphatic carbocycles.